The topological polar surface area (TPSA) is 77.5 Å². The van der Waals surface area contributed by atoms with E-state index in [1.165, 1.54) is 0 Å². The minimum atomic E-state index is -1.70. The van der Waals surface area contributed by atoms with Crippen molar-refractivity contribution in [1.29, 1.82) is 0 Å². The van der Waals surface area contributed by atoms with Crippen LogP contribution in [-0.2, 0) is 23.9 Å². The summed E-state index contributed by atoms with van der Waals surface area (Å²) in [7, 11) is 0. The van der Waals surface area contributed by atoms with Crippen LogP contribution in [0, 0.1) is 5.41 Å². The van der Waals surface area contributed by atoms with Crippen LogP contribution in [0.4, 0.5) is 0 Å². The molecular formula is C12H16O5. The van der Waals surface area contributed by atoms with Gasteiger partial charge in [-0.2, -0.15) is 0 Å². The van der Waals surface area contributed by atoms with Crippen molar-refractivity contribution in [3.05, 3.63) is 11.1 Å². The molecule has 5 heteroatoms. The van der Waals surface area contributed by atoms with Crippen molar-refractivity contribution in [2.75, 3.05) is 6.61 Å². The third kappa shape index (κ3) is 4.30. The Hall–Kier alpha value is -1.78. The van der Waals surface area contributed by atoms with Crippen LogP contribution in [0.5, 0.6) is 0 Å². The standard InChI is InChI=1S/C12H16O5/c1-9(2)10(3)11(16)17-5-4-12(6-13,7-14)8-15/h6-8H,4-5H2,1-3H3. The molecule has 0 fully saturated rings. The van der Waals surface area contributed by atoms with Crippen molar-refractivity contribution in [3.63, 3.8) is 0 Å². The van der Waals surface area contributed by atoms with Gasteiger partial charge in [-0.25, -0.2) is 4.79 Å². The van der Waals surface area contributed by atoms with Crippen LogP contribution in [0.2, 0.25) is 0 Å². The second-order valence-corrected chi connectivity index (χ2v) is 3.98. The Morgan fingerprint density at radius 2 is 1.53 bits per heavy atom. The molecule has 0 aromatic carbocycles. The summed E-state index contributed by atoms with van der Waals surface area (Å²) in [6, 6.07) is 0. The zero-order valence-corrected chi connectivity index (χ0v) is 10.2. The molecule has 5 nitrogen and oxygen atoms in total. The predicted molar refractivity (Wildman–Crippen MR) is 60.2 cm³/mol. The third-order valence-corrected chi connectivity index (χ3v) is 2.48. The molecule has 0 unspecified atom stereocenters. The summed E-state index contributed by atoms with van der Waals surface area (Å²) in [5.74, 6) is -0.512. The molecule has 0 aromatic rings. The summed E-state index contributed by atoms with van der Waals surface area (Å²) in [6.07, 6.45) is 0.642. The maximum absolute atomic E-state index is 11.4. The molecule has 0 heterocycles. The lowest BCUT2D eigenvalue weighted by atomic mass is 9.90. The smallest absolute Gasteiger partial charge is 0.333 e. The van der Waals surface area contributed by atoms with E-state index in [1.54, 1.807) is 20.8 Å². The van der Waals surface area contributed by atoms with Crippen LogP contribution in [-0.4, -0.2) is 31.4 Å². The van der Waals surface area contributed by atoms with Crippen LogP contribution >= 0.6 is 0 Å². The molecule has 0 rings (SSSR count). The monoisotopic (exact) mass is 240 g/mol. The zero-order chi connectivity index (χ0) is 13.5. The summed E-state index contributed by atoms with van der Waals surface area (Å²) < 4.78 is 4.85. The molecule has 0 aliphatic heterocycles. The normalized spacial score (nSPS) is 10.3. The molecule has 0 amide bonds. The number of esters is 1. The van der Waals surface area contributed by atoms with Gasteiger partial charge in [0, 0.05) is 12.0 Å². The number of aldehydes is 3. The Bertz CT molecular complexity index is 328. The highest BCUT2D eigenvalue weighted by Gasteiger charge is 2.29. The number of carbonyl (C=O) groups is 4. The number of rotatable bonds is 7. The minimum absolute atomic E-state index is 0.134. The van der Waals surface area contributed by atoms with Crippen LogP contribution < -0.4 is 0 Å². The third-order valence-electron chi connectivity index (χ3n) is 2.48. The second-order valence-electron chi connectivity index (χ2n) is 3.98. The first-order chi connectivity index (χ1) is 7.92. The van der Waals surface area contributed by atoms with Gasteiger partial charge in [-0.1, -0.05) is 5.57 Å². The van der Waals surface area contributed by atoms with E-state index in [0.29, 0.717) is 5.57 Å². The molecule has 0 saturated carbocycles. The van der Waals surface area contributed by atoms with Crippen LogP contribution in [0.25, 0.3) is 0 Å². The number of carbonyl (C=O) groups excluding carboxylic acids is 4. The molecule has 0 aliphatic rings. The molecule has 0 radical (unpaired) electrons. The lowest BCUT2D eigenvalue weighted by molar-refractivity contribution is -0.143. The van der Waals surface area contributed by atoms with Gasteiger partial charge < -0.3 is 19.1 Å². The molecule has 17 heavy (non-hydrogen) atoms. The van der Waals surface area contributed by atoms with E-state index in [-0.39, 0.29) is 31.9 Å². The highest BCUT2D eigenvalue weighted by molar-refractivity contribution is 6.01. The highest BCUT2D eigenvalue weighted by atomic mass is 16.5. The fourth-order valence-electron chi connectivity index (χ4n) is 0.893. The molecular weight excluding hydrogens is 224 g/mol. The molecule has 0 bridgehead atoms. The van der Waals surface area contributed by atoms with Gasteiger partial charge in [-0.3, -0.25) is 0 Å². The van der Waals surface area contributed by atoms with Crippen LogP contribution in [0.3, 0.4) is 0 Å². The van der Waals surface area contributed by atoms with Crippen molar-refractivity contribution in [2.45, 2.75) is 27.2 Å². The average molecular weight is 240 g/mol. The van der Waals surface area contributed by atoms with Gasteiger partial charge in [0.25, 0.3) is 0 Å². The Kier molecular flexibility index (Phi) is 6.02. The zero-order valence-electron chi connectivity index (χ0n) is 10.2. The summed E-state index contributed by atoms with van der Waals surface area (Å²) in [6.45, 7) is 5.00. The lowest BCUT2D eigenvalue weighted by Crippen LogP contribution is -2.28. The van der Waals surface area contributed by atoms with E-state index in [2.05, 4.69) is 0 Å². The predicted octanol–water partition coefficient (Wildman–Crippen LogP) is 0.859. The van der Waals surface area contributed by atoms with Gasteiger partial charge in [0.2, 0.25) is 0 Å². The molecule has 0 aliphatic carbocycles. The van der Waals surface area contributed by atoms with Gasteiger partial charge >= 0.3 is 5.97 Å². The summed E-state index contributed by atoms with van der Waals surface area (Å²) in [4.78, 5) is 43.2. The van der Waals surface area contributed by atoms with Gasteiger partial charge in [0.1, 0.15) is 24.3 Å². The molecule has 0 N–H and O–H groups in total. The Labute approximate surface area is 99.8 Å². The average Bonchev–Trinajstić information content (AvgIpc) is 2.34. The molecule has 0 spiro atoms. The van der Waals surface area contributed by atoms with E-state index >= 15 is 0 Å². The first kappa shape index (κ1) is 15.2. The van der Waals surface area contributed by atoms with Crippen molar-refractivity contribution in [2.24, 2.45) is 5.41 Å². The maximum Gasteiger partial charge on any atom is 0.333 e. The number of hydrogen-bond acceptors (Lipinski definition) is 5. The fraction of sp³-hybridized carbons (Fsp3) is 0.500. The van der Waals surface area contributed by atoms with Crippen molar-refractivity contribution < 1.29 is 23.9 Å². The van der Waals surface area contributed by atoms with E-state index in [0.717, 1.165) is 5.57 Å². The van der Waals surface area contributed by atoms with Gasteiger partial charge in [0.05, 0.1) is 6.61 Å². The summed E-state index contributed by atoms with van der Waals surface area (Å²) >= 11 is 0. The Morgan fingerprint density at radius 1 is 1.06 bits per heavy atom. The first-order valence-electron chi connectivity index (χ1n) is 5.12. The van der Waals surface area contributed by atoms with Crippen molar-refractivity contribution in [3.8, 4) is 0 Å². The molecule has 0 aromatic heterocycles. The van der Waals surface area contributed by atoms with E-state index in [4.69, 9.17) is 4.74 Å². The van der Waals surface area contributed by atoms with E-state index in [9.17, 15) is 19.2 Å². The number of ether oxygens (including phenoxy) is 1. The van der Waals surface area contributed by atoms with Gasteiger partial charge in [-0.15, -0.1) is 0 Å². The Balaban J connectivity index is 4.38. The molecule has 0 atom stereocenters. The maximum atomic E-state index is 11.4. The van der Waals surface area contributed by atoms with Gasteiger partial charge in [0.15, 0.2) is 0 Å². The SMILES string of the molecule is CC(C)=C(C)C(=O)OCCC(C=O)(C=O)C=O. The van der Waals surface area contributed by atoms with Crippen molar-refractivity contribution >= 4 is 24.8 Å². The van der Waals surface area contributed by atoms with E-state index < -0.39 is 11.4 Å². The first-order valence-corrected chi connectivity index (χ1v) is 5.12. The molecule has 0 saturated heterocycles. The second kappa shape index (κ2) is 6.73. The number of allylic oxidation sites excluding steroid dienone is 1. The summed E-state index contributed by atoms with van der Waals surface area (Å²) in [5, 5.41) is 0. The number of hydrogen-bond donors (Lipinski definition) is 0. The minimum Gasteiger partial charge on any atom is -0.462 e. The van der Waals surface area contributed by atoms with Gasteiger partial charge in [-0.05, 0) is 20.8 Å². The summed E-state index contributed by atoms with van der Waals surface area (Å²) in [5.41, 5.74) is -0.402. The van der Waals surface area contributed by atoms with Crippen LogP contribution in [0.15, 0.2) is 11.1 Å². The lowest BCUT2D eigenvalue weighted by Gasteiger charge is -2.13. The highest BCUT2D eigenvalue weighted by Crippen LogP contribution is 2.13. The Morgan fingerprint density at radius 3 is 1.88 bits per heavy atom. The molecule has 94 valence electrons. The largest absolute Gasteiger partial charge is 0.462 e. The van der Waals surface area contributed by atoms with Crippen molar-refractivity contribution in [1.82, 2.24) is 0 Å². The fourth-order valence-corrected chi connectivity index (χ4v) is 0.893. The van der Waals surface area contributed by atoms with Crippen LogP contribution in [0.1, 0.15) is 27.2 Å². The quantitative estimate of drug-likeness (QED) is 0.285. The van der Waals surface area contributed by atoms with E-state index in [1.807, 2.05) is 0 Å².